The summed E-state index contributed by atoms with van der Waals surface area (Å²) in [7, 11) is 0. The summed E-state index contributed by atoms with van der Waals surface area (Å²) < 4.78 is 4.69. The number of nitrogens with one attached hydrogen (secondary N) is 2. The summed E-state index contributed by atoms with van der Waals surface area (Å²) in [6.45, 7) is 1.54. The molecular weight excluding hydrogens is 392 g/mol. The molecule has 7 nitrogen and oxygen atoms in total. The minimum absolute atomic E-state index is 0.111. The van der Waals surface area contributed by atoms with Crippen LogP contribution in [-0.2, 0) is 9.53 Å². The van der Waals surface area contributed by atoms with Crippen LogP contribution in [0.4, 0.5) is 4.79 Å². The normalized spacial score (nSPS) is 10.1. The molecule has 0 aliphatic rings. The van der Waals surface area contributed by atoms with Crippen LogP contribution < -0.4 is 10.6 Å². The van der Waals surface area contributed by atoms with Crippen LogP contribution in [0.2, 0.25) is 20.2 Å². The van der Waals surface area contributed by atoms with Crippen LogP contribution in [0.5, 0.6) is 0 Å². The largest absolute Gasteiger partial charge is 0.451 e. The second kappa shape index (κ2) is 9.12. The molecule has 0 spiro atoms. The van der Waals surface area contributed by atoms with Gasteiger partial charge in [0.2, 0.25) is 0 Å². The first-order valence-electron chi connectivity index (χ1n) is 6.22. The van der Waals surface area contributed by atoms with Crippen molar-refractivity contribution in [1.82, 2.24) is 15.6 Å². The minimum Gasteiger partial charge on any atom is -0.451 e. The summed E-state index contributed by atoms with van der Waals surface area (Å²) in [6, 6.07) is -0.693. The highest BCUT2D eigenvalue weighted by molar-refractivity contribution is 6.52. The number of hydrogen-bond acceptors (Lipinski definition) is 5. The monoisotopic (exact) mass is 401 g/mol. The number of halogens is 4. The first kappa shape index (κ1) is 19.8. The van der Waals surface area contributed by atoms with Crippen LogP contribution in [0.3, 0.4) is 0 Å². The van der Waals surface area contributed by atoms with E-state index in [-0.39, 0.29) is 20.2 Å². The molecule has 0 saturated heterocycles. The SMILES string of the molecule is CCCNC(=O)NC(=O)COC(=O)c1nc(Cl)c(Cl)c(Cl)c1Cl. The van der Waals surface area contributed by atoms with Crippen molar-refractivity contribution >= 4 is 64.3 Å². The fraction of sp³-hybridized carbons (Fsp3) is 0.333. The molecule has 0 unspecified atom stereocenters. The van der Waals surface area contributed by atoms with Gasteiger partial charge in [-0.15, -0.1) is 0 Å². The van der Waals surface area contributed by atoms with Gasteiger partial charge in [-0.3, -0.25) is 10.1 Å². The van der Waals surface area contributed by atoms with E-state index in [2.05, 4.69) is 15.0 Å². The van der Waals surface area contributed by atoms with Crippen molar-refractivity contribution < 1.29 is 19.1 Å². The Morgan fingerprint density at radius 2 is 1.74 bits per heavy atom. The van der Waals surface area contributed by atoms with Gasteiger partial charge in [0, 0.05) is 6.54 Å². The van der Waals surface area contributed by atoms with E-state index in [1.165, 1.54) is 0 Å². The lowest BCUT2D eigenvalue weighted by molar-refractivity contribution is -0.123. The van der Waals surface area contributed by atoms with Gasteiger partial charge in [-0.1, -0.05) is 53.3 Å². The number of hydrogen-bond donors (Lipinski definition) is 2. The molecule has 1 heterocycles. The van der Waals surface area contributed by atoms with Gasteiger partial charge >= 0.3 is 12.0 Å². The van der Waals surface area contributed by atoms with Crippen molar-refractivity contribution in [3.8, 4) is 0 Å². The van der Waals surface area contributed by atoms with Crippen molar-refractivity contribution in [2.24, 2.45) is 0 Å². The van der Waals surface area contributed by atoms with Crippen molar-refractivity contribution in [3.05, 3.63) is 25.9 Å². The number of rotatable bonds is 5. The molecule has 1 aromatic rings. The molecule has 3 amide bonds. The molecule has 0 atom stereocenters. The highest BCUT2D eigenvalue weighted by Gasteiger charge is 2.22. The third kappa shape index (κ3) is 5.69. The van der Waals surface area contributed by atoms with Crippen LogP contribution in [0.25, 0.3) is 0 Å². The molecule has 0 aliphatic heterocycles. The van der Waals surface area contributed by atoms with Gasteiger partial charge < -0.3 is 10.1 Å². The van der Waals surface area contributed by atoms with E-state index in [9.17, 15) is 14.4 Å². The van der Waals surface area contributed by atoms with Gasteiger partial charge in [0.05, 0.1) is 15.1 Å². The van der Waals surface area contributed by atoms with Crippen LogP contribution in [0.15, 0.2) is 0 Å². The van der Waals surface area contributed by atoms with E-state index in [4.69, 9.17) is 46.4 Å². The molecule has 0 aliphatic carbocycles. The summed E-state index contributed by atoms with van der Waals surface area (Å²) in [5.41, 5.74) is -0.394. The van der Waals surface area contributed by atoms with Gasteiger partial charge in [0.1, 0.15) is 5.15 Å². The minimum atomic E-state index is -1.04. The standard InChI is InChI=1S/C12H11Cl4N3O4/c1-2-3-17-12(22)18-5(20)4-23-11(21)9-7(14)6(13)8(15)10(16)19-9/h2-4H2,1H3,(H2,17,18,20,22). The maximum absolute atomic E-state index is 11.8. The Bertz CT molecular complexity index is 639. The number of nitrogens with zero attached hydrogens (tertiary/aromatic N) is 1. The second-order valence-electron chi connectivity index (χ2n) is 4.07. The Labute approximate surface area is 151 Å². The van der Waals surface area contributed by atoms with E-state index in [0.29, 0.717) is 13.0 Å². The molecule has 1 rings (SSSR count). The average molecular weight is 403 g/mol. The molecule has 0 saturated carbocycles. The summed E-state index contributed by atoms with van der Waals surface area (Å²) in [5.74, 6) is -1.87. The molecule has 1 aromatic heterocycles. The van der Waals surface area contributed by atoms with Crippen molar-refractivity contribution in [3.63, 3.8) is 0 Å². The fourth-order valence-electron chi connectivity index (χ4n) is 1.27. The number of esters is 1. The second-order valence-corrected chi connectivity index (χ2v) is 5.57. The maximum atomic E-state index is 11.8. The van der Waals surface area contributed by atoms with Crippen LogP contribution in [-0.4, -0.2) is 36.0 Å². The molecule has 126 valence electrons. The van der Waals surface area contributed by atoms with Gasteiger partial charge in [-0.25, -0.2) is 14.6 Å². The van der Waals surface area contributed by atoms with E-state index < -0.39 is 30.2 Å². The number of carbonyl (C=O) groups is 3. The molecule has 23 heavy (non-hydrogen) atoms. The third-order valence-electron chi connectivity index (χ3n) is 2.30. The third-order valence-corrected chi connectivity index (χ3v) is 3.98. The summed E-state index contributed by atoms with van der Waals surface area (Å²) >= 11 is 23.0. The molecular formula is C12H11Cl4N3O4. The van der Waals surface area contributed by atoms with Crippen molar-refractivity contribution in [2.75, 3.05) is 13.2 Å². The van der Waals surface area contributed by atoms with E-state index in [0.717, 1.165) is 0 Å². The Morgan fingerprint density at radius 1 is 1.09 bits per heavy atom. The van der Waals surface area contributed by atoms with Crippen LogP contribution >= 0.6 is 46.4 Å². The quantitative estimate of drug-likeness (QED) is 0.582. The Balaban J connectivity index is 2.64. The van der Waals surface area contributed by atoms with Crippen molar-refractivity contribution in [1.29, 1.82) is 0 Å². The maximum Gasteiger partial charge on any atom is 0.359 e. The zero-order valence-corrected chi connectivity index (χ0v) is 14.7. The van der Waals surface area contributed by atoms with E-state index >= 15 is 0 Å². The number of aromatic nitrogens is 1. The highest BCUT2D eigenvalue weighted by Crippen LogP contribution is 2.36. The zero-order valence-electron chi connectivity index (χ0n) is 11.7. The topological polar surface area (TPSA) is 97.4 Å². The number of pyridine rings is 1. The average Bonchev–Trinajstić information content (AvgIpc) is 2.52. The molecule has 0 aromatic carbocycles. The predicted octanol–water partition coefficient (Wildman–Crippen LogP) is 3.09. The summed E-state index contributed by atoms with van der Waals surface area (Å²) in [4.78, 5) is 38.2. The first-order chi connectivity index (χ1) is 10.8. The lowest BCUT2D eigenvalue weighted by atomic mass is 10.3. The smallest absolute Gasteiger partial charge is 0.359 e. The number of carbonyl (C=O) groups excluding carboxylic acids is 3. The van der Waals surface area contributed by atoms with E-state index in [1.807, 2.05) is 12.2 Å². The van der Waals surface area contributed by atoms with Gasteiger partial charge in [-0.2, -0.15) is 0 Å². The molecule has 11 heteroatoms. The fourth-order valence-corrected chi connectivity index (χ4v) is 2.07. The zero-order chi connectivity index (χ0) is 17.6. The van der Waals surface area contributed by atoms with Crippen LogP contribution in [0.1, 0.15) is 23.8 Å². The molecule has 0 bridgehead atoms. The van der Waals surface area contributed by atoms with Gasteiger partial charge in [-0.05, 0) is 6.42 Å². The lowest BCUT2D eigenvalue weighted by Crippen LogP contribution is -2.41. The number of amides is 3. The summed E-state index contributed by atoms with van der Waals surface area (Å²) in [6.07, 6.45) is 0.707. The first-order valence-corrected chi connectivity index (χ1v) is 7.73. The number of urea groups is 1. The number of imide groups is 1. The van der Waals surface area contributed by atoms with E-state index in [1.54, 1.807) is 0 Å². The molecule has 0 radical (unpaired) electrons. The van der Waals surface area contributed by atoms with Gasteiger partial charge in [0.25, 0.3) is 5.91 Å². The van der Waals surface area contributed by atoms with Crippen LogP contribution in [0, 0.1) is 0 Å². The Hall–Kier alpha value is -1.28. The summed E-state index contributed by atoms with van der Waals surface area (Å²) in [5, 5.41) is 3.62. The van der Waals surface area contributed by atoms with Crippen molar-refractivity contribution in [2.45, 2.75) is 13.3 Å². The Kier molecular flexibility index (Phi) is 7.84. The molecule has 0 fully saturated rings. The van der Waals surface area contributed by atoms with Gasteiger partial charge in [0.15, 0.2) is 12.3 Å². The number of ether oxygens (including phenoxy) is 1. The predicted molar refractivity (Wildman–Crippen MR) is 86.4 cm³/mol. The molecule has 2 N–H and O–H groups in total. The Morgan fingerprint density at radius 3 is 2.35 bits per heavy atom. The lowest BCUT2D eigenvalue weighted by Gasteiger charge is -2.09. The highest BCUT2D eigenvalue weighted by atomic mass is 35.5.